The largest absolute Gasteiger partial charge is 0.379 e. The fourth-order valence-corrected chi connectivity index (χ4v) is 14.5. The molecule has 5 rings (SSSR count). The molecule has 9 atom stereocenters. The highest BCUT2D eigenvalue weighted by Crippen LogP contribution is 2.68. The van der Waals surface area contributed by atoms with Crippen LogP contribution in [0.3, 0.4) is 0 Å². The van der Waals surface area contributed by atoms with Crippen molar-refractivity contribution in [3.05, 3.63) is 36.0 Å². The number of hydrogen-bond donors (Lipinski definition) is 0. The van der Waals surface area contributed by atoms with Gasteiger partial charge in [-0.1, -0.05) is 151 Å². The molecule has 0 aromatic rings. The van der Waals surface area contributed by atoms with Gasteiger partial charge in [0.15, 0.2) is 0 Å². The smallest absolute Gasteiger partial charge is 0.0934 e. The Hall–Kier alpha value is -0.250. The van der Waals surface area contributed by atoms with Crippen LogP contribution in [-0.4, -0.2) is 79.8 Å². The second-order valence-electron chi connectivity index (χ2n) is 22.0. The van der Waals surface area contributed by atoms with E-state index in [2.05, 4.69) is 99.4 Å². The summed E-state index contributed by atoms with van der Waals surface area (Å²) in [6.07, 6.45) is 45.1. The lowest BCUT2D eigenvalue weighted by Gasteiger charge is -2.59. The van der Waals surface area contributed by atoms with Gasteiger partial charge < -0.3 is 18.9 Å². The van der Waals surface area contributed by atoms with Crippen LogP contribution in [0.15, 0.2) is 36.0 Å². The third kappa shape index (κ3) is 16.5. The summed E-state index contributed by atoms with van der Waals surface area (Å²) < 4.78 is 25.5. The third-order valence-electron chi connectivity index (χ3n) is 16.8. The zero-order valence-electron chi connectivity index (χ0n) is 41.4. The maximum Gasteiger partial charge on any atom is 0.0934 e. The fraction of sp³-hybridized carbons (Fsp3) is 0.893. The van der Waals surface area contributed by atoms with Crippen molar-refractivity contribution in [3.63, 3.8) is 0 Å². The average molecular weight is 976 g/mol. The van der Waals surface area contributed by atoms with Gasteiger partial charge in [0.05, 0.1) is 32.0 Å². The molecule has 1 aliphatic heterocycles. The van der Waals surface area contributed by atoms with Crippen LogP contribution >= 0.6 is 22.6 Å². The number of allylic oxidation sites excluding steroid dienone is 5. The molecule has 6 heteroatoms. The van der Waals surface area contributed by atoms with Gasteiger partial charge in [-0.2, -0.15) is 0 Å². The van der Waals surface area contributed by atoms with Gasteiger partial charge in [-0.15, -0.1) is 0 Å². The van der Waals surface area contributed by atoms with Crippen LogP contribution in [0.4, 0.5) is 0 Å². The molecule has 62 heavy (non-hydrogen) atoms. The van der Waals surface area contributed by atoms with Crippen LogP contribution in [0.25, 0.3) is 0 Å². The summed E-state index contributed by atoms with van der Waals surface area (Å²) in [6.45, 7) is 22.9. The van der Waals surface area contributed by atoms with E-state index in [-0.39, 0.29) is 6.10 Å². The molecule has 0 bridgehead atoms. The highest BCUT2D eigenvalue weighted by molar-refractivity contribution is 14.1. The van der Waals surface area contributed by atoms with Gasteiger partial charge in [0.1, 0.15) is 0 Å². The Morgan fingerprint density at radius 1 is 0.823 bits per heavy atom. The minimum atomic E-state index is 0.130. The molecule has 1 heterocycles. The summed E-state index contributed by atoms with van der Waals surface area (Å²) in [5.74, 6) is 4.38. The molecule has 8 unspecified atom stereocenters. The van der Waals surface area contributed by atoms with E-state index in [1.54, 1.807) is 5.57 Å². The Labute approximate surface area is 397 Å². The molecule has 5 aliphatic rings. The predicted octanol–water partition coefficient (Wildman–Crippen LogP) is 15.3. The highest BCUT2D eigenvalue weighted by Gasteiger charge is 2.61. The summed E-state index contributed by atoms with van der Waals surface area (Å²) >= 11 is 2.91. The van der Waals surface area contributed by atoms with E-state index in [9.17, 15) is 0 Å². The molecule has 0 spiro atoms. The van der Waals surface area contributed by atoms with Crippen molar-refractivity contribution in [2.45, 2.75) is 218 Å². The lowest BCUT2D eigenvalue weighted by atomic mass is 9.47. The molecule has 3 saturated carbocycles. The molecular weight excluding hydrogens is 878 g/mol. The SMILES string of the molecule is CCCCC/C=C\C/C=C\CCCCCCCCOCC(CN1CCOCC1)OCCCCO[C@H]1CCC2(C)C(=CCC3C2CCC2(C)C3CCC2C(C)(I)CCCC(C)C)C1. The second-order valence-corrected chi connectivity index (χ2v) is 24.5. The van der Waals surface area contributed by atoms with Gasteiger partial charge in [-0.05, 0) is 150 Å². The Morgan fingerprint density at radius 3 is 2.29 bits per heavy atom. The molecule has 0 N–H and O–H groups in total. The van der Waals surface area contributed by atoms with Crippen molar-refractivity contribution >= 4 is 22.6 Å². The van der Waals surface area contributed by atoms with E-state index >= 15 is 0 Å². The summed E-state index contributed by atoms with van der Waals surface area (Å²) in [5.41, 5.74) is 2.67. The molecule has 0 aromatic heterocycles. The van der Waals surface area contributed by atoms with E-state index in [4.69, 9.17) is 18.9 Å². The van der Waals surface area contributed by atoms with E-state index in [0.717, 1.165) is 114 Å². The van der Waals surface area contributed by atoms with Crippen molar-refractivity contribution in [1.29, 1.82) is 0 Å². The van der Waals surface area contributed by atoms with Gasteiger partial charge in [0, 0.05) is 42.9 Å². The normalized spacial score (nSPS) is 30.7. The highest BCUT2D eigenvalue weighted by atomic mass is 127. The van der Waals surface area contributed by atoms with Crippen LogP contribution in [0.1, 0.15) is 202 Å². The van der Waals surface area contributed by atoms with E-state index in [1.165, 1.54) is 128 Å². The quantitative estimate of drug-likeness (QED) is 0.0300. The first-order valence-corrected chi connectivity index (χ1v) is 27.9. The Bertz CT molecular complexity index is 1310. The molecule has 4 fully saturated rings. The zero-order chi connectivity index (χ0) is 44.1. The van der Waals surface area contributed by atoms with Crippen LogP contribution in [-0.2, 0) is 18.9 Å². The third-order valence-corrected chi connectivity index (χ3v) is 18.1. The number of rotatable bonds is 31. The van der Waals surface area contributed by atoms with Crippen LogP contribution in [0, 0.1) is 40.4 Å². The summed E-state index contributed by atoms with van der Waals surface area (Å²) in [7, 11) is 0. The molecule has 358 valence electrons. The maximum atomic E-state index is 6.65. The maximum absolute atomic E-state index is 6.65. The first kappa shape index (κ1) is 52.7. The Balaban J connectivity index is 0.938. The minimum absolute atomic E-state index is 0.130. The van der Waals surface area contributed by atoms with Crippen LogP contribution in [0.2, 0.25) is 0 Å². The topological polar surface area (TPSA) is 40.2 Å². The first-order valence-electron chi connectivity index (χ1n) is 26.9. The fourth-order valence-electron chi connectivity index (χ4n) is 13.1. The zero-order valence-corrected chi connectivity index (χ0v) is 43.6. The number of morpholine rings is 1. The van der Waals surface area contributed by atoms with Gasteiger partial charge in [0.2, 0.25) is 0 Å². The lowest BCUT2D eigenvalue weighted by Crippen LogP contribution is -2.52. The van der Waals surface area contributed by atoms with Gasteiger partial charge >= 0.3 is 0 Å². The number of nitrogens with zero attached hydrogens (tertiary/aromatic N) is 1. The van der Waals surface area contributed by atoms with Crippen molar-refractivity contribution in [2.24, 2.45) is 40.4 Å². The average Bonchev–Trinajstić information content (AvgIpc) is 3.63. The standard InChI is InChI=1S/C56H98INO4/c1-7-8-9-10-11-12-13-14-15-16-17-18-19-20-21-22-38-60-45-49(44-58-36-41-59-42-37-58)62-40-24-23-39-61-48-31-34-54(4)47(43-48)27-28-50-51-29-30-53(55(51,5)35-32-52(50)54)56(6,57)33-25-26-46(2)3/h11-12,14-15,27,46,48-53H,7-10,13,16-26,28-45H2,1-6H3/b12-11-,15-14-/t48-,49?,50?,51?,52?,53?,54?,55?,56?/m0/s1. The number of unbranched alkanes of at least 4 members (excludes halogenated alkanes) is 10. The van der Waals surface area contributed by atoms with Gasteiger partial charge in [-0.25, -0.2) is 0 Å². The molecule has 0 radical (unpaired) electrons. The van der Waals surface area contributed by atoms with Crippen molar-refractivity contribution in [3.8, 4) is 0 Å². The number of hydrogen-bond acceptors (Lipinski definition) is 5. The summed E-state index contributed by atoms with van der Waals surface area (Å²) in [4.78, 5) is 2.49. The molecule has 4 aliphatic carbocycles. The van der Waals surface area contributed by atoms with Crippen molar-refractivity contribution in [2.75, 3.05) is 59.3 Å². The van der Waals surface area contributed by atoms with Crippen LogP contribution in [0.5, 0.6) is 0 Å². The monoisotopic (exact) mass is 976 g/mol. The molecule has 0 aromatic carbocycles. The van der Waals surface area contributed by atoms with Gasteiger partial charge in [-0.3, -0.25) is 4.90 Å². The van der Waals surface area contributed by atoms with Crippen LogP contribution < -0.4 is 0 Å². The van der Waals surface area contributed by atoms with Crippen molar-refractivity contribution in [1.82, 2.24) is 4.90 Å². The molecular formula is C56H98INO4. The Kier molecular flexibility index (Phi) is 23.9. The molecule has 5 nitrogen and oxygen atoms in total. The predicted molar refractivity (Wildman–Crippen MR) is 272 cm³/mol. The van der Waals surface area contributed by atoms with E-state index in [1.807, 2.05) is 0 Å². The first-order chi connectivity index (χ1) is 30.1. The number of ether oxygens (including phenoxy) is 4. The number of fused-ring (bicyclic) bond motifs is 5. The summed E-state index contributed by atoms with van der Waals surface area (Å²) in [6, 6.07) is 0. The lowest BCUT2D eigenvalue weighted by molar-refractivity contribution is -0.0628. The molecule has 0 amide bonds. The van der Waals surface area contributed by atoms with Gasteiger partial charge in [0.25, 0.3) is 0 Å². The summed E-state index contributed by atoms with van der Waals surface area (Å²) in [5, 5.41) is 0. The number of alkyl halides is 1. The minimum Gasteiger partial charge on any atom is -0.379 e. The Morgan fingerprint density at radius 2 is 1.53 bits per heavy atom. The second kappa shape index (κ2) is 28.2. The molecule has 1 saturated heterocycles. The number of halogens is 1. The van der Waals surface area contributed by atoms with Crippen molar-refractivity contribution < 1.29 is 18.9 Å². The van der Waals surface area contributed by atoms with E-state index < -0.39 is 0 Å². The van der Waals surface area contributed by atoms with E-state index in [0.29, 0.717) is 27.0 Å².